The molecule has 1 aromatic carbocycles. The fourth-order valence-electron chi connectivity index (χ4n) is 0.859. The van der Waals surface area contributed by atoms with Gasteiger partial charge in [-0.15, -0.1) is 0 Å². The van der Waals surface area contributed by atoms with Crippen LogP contribution in [-0.2, 0) is 0 Å². The van der Waals surface area contributed by atoms with Crippen LogP contribution in [0.2, 0.25) is 5.02 Å². The van der Waals surface area contributed by atoms with Gasteiger partial charge in [0.15, 0.2) is 5.58 Å². The predicted octanol–water partition coefficient (Wildman–Crippen LogP) is 2.48. The minimum absolute atomic E-state index is 0.606. The zero-order valence-corrected chi connectivity index (χ0v) is 5.80. The Morgan fingerprint density at radius 2 is 2.30 bits per heavy atom. The molecule has 0 aliphatic carbocycles. The van der Waals surface area contributed by atoms with E-state index in [0.29, 0.717) is 10.6 Å². The average molecular weight is 154 g/mol. The molecule has 1 heterocycles. The van der Waals surface area contributed by atoms with Crippen molar-refractivity contribution in [1.29, 1.82) is 0 Å². The molecule has 10 heavy (non-hydrogen) atoms. The van der Waals surface area contributed by atoms with E-state index in [1.54, 1.807) is 12.3 Å². The van der Waals surface area contributed by atoms with Crippen molar-refractivity contribution >= 4 is 22.6 Å². The monoisotopic (exact) mass is 153 g/mol. The molecule has 0 fully saturated rings. The molecule has 0 N–H and O–H groups in total. The normalized spacial score (nSPS) is 10.5. The first-order valence-corrected chi connectivity index (χ1v) is 3.24. The SMILES string of the molecule is Clc1cccc2cnoc12. The number of hydrogen-bond donors (Lipinski definition) is 0. The zero-order chi connectivity index (χ0) is 6.97. The molecule has 3 heteroatoms. The molecule has 0 spiro atoms. The van der Waals surface area contributed by atoms with E-state index in [1.807, 2.05) is 12.1 Å². The standard InChI is InChI=1S/C7H4ClNO/c8-6-3-1-2-5-4-9-10-7(5)6/h1-4H. The number of fused-ring (bicyclic) bond motifs is 1. The van der Waals surface area contributed by atoms with Crippen LogP contribution in [0.25, 0.3) is 11.0 Å². The second-order valence-electron chi connectivity index (χ2n) is 1.98. The van der Waals surface area contributed by atoms with Crippen LogP contribution in [-0.4, -0.2) is 5.16 Å². The van der Waals surface area contributed by atoms with E-state index in [4.69, 9.17) is 16.1 Å². The Morgan fingerprint density at radius 1 is 1.40 bits per heavy atom. The number of benzene rings is 1. The first-order chi connectivity index (χ1) is 4.88. The molecule has 0 aliphatic rings. The van der Waals surface area contributed by atoms with Crippen molar-refractivity contribution in [3.8, 4) is 0 Å². The van der Waals surface area contributed by atoms with Gasteiger partial charge in [0.2, 0.25) is 0 Å². The van der Waals surface area contributed by atoms with Gasteiger partial charge in [-0.3, -0.25) is 0 Å². The van der Waals surface area contributed by atoms with Crippen LogP contribution < -0.4 is 0 Å². The molecule has 0 radical (unpaired) electrons. The van der Waals surface area contributed by atoms with E-state index in [2.05, 4.69) is 5.16 Å². The van der Waals surface area contributed by atoms with Crippen molar-refractivity contribution in [2.45, 2.75) is 0 Å². The van der Waals surface area contributed by atoms with Gasteiger partial charge in [0, 0.05) is 5.39 Å². The Balaban J connectivity index is 2.95. The second kappa shape index (κ2) is 1.99. The Bertz CT molecular complexity index is 355. The lowest BCUT2D eigenvalue weighted by Crippen LogP contribution is -1.63. The summed E-state index contributed by atoms with van der Waals surface area (Å²) < 4.78 is 4.87. The van der Waals surface area contributed by atoms with Crippen molar-refractivity contribution in [3.05, 3.63) is 29.4 Å². The molecule has 0 amide bonds. The van der Waals surface area contributed by atoms with Gasteiger partial charge in [-0.2, -0.15) is 0 Å². The molecule has 2 nitrogen and oxygen atoms in total. The number of para-hydroxylation sites is 1. The average Bonchev–Trinajstić information content (AvgIpc) is 2.36. The number of hydrogen-bond acceptors (Lipinski definition) is 2. The molecular formula is C7H4ClNO. The van der Waals surface area contributed by atoms with E-state index >= 15 is 0 Å². The predicted molar refractivity (Wildman–Crippen MR) is 39.0 cm³/mol. The Kier molecular flexibility index (Phi) is 1.14. The molecular weight excluding hydrogens is 150 g/mol. The summed E-state index contributed by atoms with van der Waals surface area (Å²) in [6.07, 6.45) is 1.64. The van der Waals surface area contributed by atoms with E-state index in [0.717, 1.165) is 5.39 Å². The topological polar surface area (TPSA) is 26.0 Å². The van der Waals surface area contributed by atoms with Crippen molar-refractivity contribution in [2.75, 3.05) is 0 Å². The molecule has 50 valence electrons. The molecule has 0 saturated heterocycles. The summed E-state index contributed by atoms with van der Waals surface area (Å²) in [5, 5.41) is 5.15. The third kappa shape index (κ3) is 0.693. The number of halogens is 1. The van der Waals surface area contributed by atoms with Gasteiger partial charge in [-0.25, -0.2) is 0 Å². The van der Waals surface area contributed by atoms with Crippen molar-refractivity contribution in [1.82, 2.24) is 5.16 Å². The molecule has 2 rings (SSSR count). The van der Waals surface area contributed by atoms with Crippen LogP contribution in [0.5, 0.6) is 0 Å². The van der Waals surface area contributed by atoms with Crippen LogP contribution >= 0.6 is 11.6 Å². The maximum Gasteiger partial charge on any atom is 0.185 e. The maximum absolute atomic E-state index is 5.76. The largest absolute Gasteiger partial charge is 0.355 e. The van der Waals surface area contributed by atoms with E-state index < -0.39 is 0 Å². The Labute approximate surface area is 62.4 Å². The minimum Gasteiger partial charge on any atom is -0.355 e. The molecule has 0 saturated carbocycles. The first kappa shape index (κ1) is 5.74. The van der Waals surface area contributed by atoms with Crippen molar-refractivity contribution in [3.63, 3.8) is 0 Å². The number of aromatic nitrogens is 1. The molecule has 0 bridgehead atoms. The van der Waals surface area contributed by atoms with Crippen LogP contribution in [0.3, 0.4) is 0 Å². The summed E-state index contributed by atoms with van der Waals surface area (Å²) >= 11 is 5.76. The lowest BCUT2D eigenvalue weighted by molar-refractivity contribution is 0.456. The van der Waals surface area contributed by atoms with E-state index in [1.165, 1.54) is 0 Å². The highest BCUT2D eigenvalue weighted by atomic mass is 35.5. The highest BCUT2D eigenvalue weighted by molar-refractivity contribution is 6.34. The second-order valence-corrected chi connectivity index (χ2v) is 2.39. The van der Waals surface area contributed by atoms with Crippen LogP contribution in [0.4, 0.5) is 0 Å². The highest BCUT2D eigenvalue weighted by Crippen LogP contribution is 2.21. The molecule has 2 aromatic rings. The van der Waals surface area contributed by atoms with E-state index in [-0.39, 0.29) is 0 Å². The summed E-state index contributed by atoms with van der Waals surface area (Å²) in [4.78, 5) is 0. The summed E-state index contributed by atoms with van der Waals surface area (Å²) in [5.74, 6) is 0. The molecule has 0 atom stereocenters. The Morgan fingerprint density at radius 3 is 3.10 bits per heavy atom. The Hall–Kier alpha value is -1.02. The third-order valence-corrected chi connectivity index (χ3v) is 1.63. The quantitative estimate of drug-likeness (QED) is 0.581. The van der Waals surface area contributed by atoms with Gasteiger partial charge in [0.25, 0.3) is 0 Å². The number of rotatable bonds is 0. The van der Waals surface area contributed by atoms with Crippen LogP contribution in [0.1, 0.15) is 0 Å². The van der Waals surface area contributed by atoms with Crippen LogP contribution in [0.15, 0.2) is 28.9 Å². The molecule has 0 unspecified atom stereocenters. The van der Waals surface area contributed by atoms with Gasteiger partial charge >= 0.3 is 0 Å². The smallest absolute Gasteiger partial charge is 0.185 e. The van der Waals surface area contributed by atoms with Gasteiger partial charge in [0.1, 0.15) is 0 Å². The minimum atomic E-state index is 0.606. The maximum atomic E-state index is 5.76. The summed E-state index contributed by atoms with van der Waals surface area (Å²) in [5.41, 5.74) is 0.657. The molecule has 1 aromatic heterocycles. The lowest BCUT2D eigenvalue weighted by Gasteiger charge is -1.86. The highest BCUT2D eigenvalue weighted by Gasteiger charge is 2.00. The van der Waals surface area contributed by atoms with Gasteiger partial charge in [0.05, 0.1) is 11.2 Å². The zero-order valence-electron chi connectivity index (χ0n) is 5.04. The van der Waals surface area contributed by atoms with Gasteiger partial charge in [-0.1, -0.05) is 22.8 Å². The summed E-state index contributed by atoms with van der Waals surface area (Å²) in [6, 6.07) is 5.54. The summed E-state index contributed by atoms with van der Waals surface area (Å²) in [6.45, 7) is 0. The first-order valence-electron chi connectivity index (χ1n) is 2.87. The van der Waals surface area contributed by atoms with Gasteiger partial charge < -0.3 is 4.52 Å². The fourth-order valence-corrected chi connectivity index (χ4v) is 1.08. The van der Waals surface area contributed by atoms with Crippen molar-refractivity contribution < 1.29 is 4.52 Å². The van der Waals surface area contributed by atoms with Gasteiger partial charge in [-0.05, 0) is 12.1 Å². The molecule has 0 aliphatic heterocycles. The van der Waals surface area contributed by atoms with Crippen LogP contribution in [0, 0.1) is 0 Å². The lowest BCUT2D eigenvalue weighted by atomic mass is 10.3. The van der Waals surface area contributed by atoms with Crippen molar-refractivity contribution in [2.24, 2.45) is 0 Å². The number of nitrogens with zero attached hydrogens (tertiary/aromatic N) is 1. The fraction of sp³-hybridized carbons (Fsp3) is 0. The third-order valence-electron chi connectivity index (χ3n) is 1.33. The van der Waals surface area contributed by atoms with E-state index in [9.17, 15) is 0 Å². The summed E-state index contributed by atoms with van der Waals surface area (Å²) in [7, 11) is 0.